The molecule has 0 unspecified atom stereocenters. The fourth-order valence-electron chi connectivity index (χ4n) is 2.27. The molecule has 0 aliphatic heterocycles. The molecule has 0 amide bonds. The summed E-state index contributed by atoms with van der Waals surface area (Å²) in [6.45, 7) is 9.04. The molecule has 0 N–H and O–H groups in total. The molecule has 10 heteroatoms. The lowest BCUT2D eigenvalue weighted by atomic mass is 10.3. The van der Waals surface area contributed by atoms with E-state index in [1.807, 2.05) is 0 Å². The number of rotatable bonds is 15. The third-order valence-electron chi connectivity index (χ3n) is 3.13. The van der Waals surface area contributed by atoms with Gasteiger partial charge in [0.15, 0.2) is 10.5 Å². The predicted molar refractivity (Wildman–Crippen MR) is 102 cm³/mol. The minimum Gasteiger partial charge on any atom is -0.308 e. The molecule has 0 radical (unpaired) electrons. The standard InChI is InChI=1S/C15H32O7P2S/c1-6-19-23(17,20-7-2)15(12-10-11-13-25-14(5)16)24(18,21-8-3)22-9-4/h15H,6-13H2,1-5H3. The lowest BCUT2D eigenvalue weighted by Crippen LogP contribution is -2.18. The Morgan fingerprint density at radius 3 is 1.56 bits per heavy atom. The quantitative estimate of drug-likeness (QED) is 0.262. The van der Waals surface area contributed by atoms with Gasteiger partial charge in [0.25, 0.3) is 0 Å². The van der Waals surface area contributed by atoms with Crippen molar-refractivity contribution in [3.63, 3.8) is 0 Å². The van der Waals surface area contributed by atoms with Crippen molar-refractivity contribution in [3.8, 4) is 0 Å². The molecule has 0 aromatic carbocycles. The van der Waals surface area contributed by atoms with Gasteiger partial charge in [-0.05, 0) is 40.5 Å². The van der Waals surface area contributed by atoms with Crippen LogP contribution >= 0.6 is 27.0 Å². The number of carbonyl (C=O) groups is 1. The van der Waals surface area contributed by atoms with Crippen LogP contribution in [0.5, 0.6) is 0 Å². The van der Waals surface area contributed by atoms with Gasteiger partial charge in [0, 0.05) is 12.7 Å². The van der Waals surface area contributed by atoms with E-state index in [1.54, 1.807) is 27.7 Å². The monoisotopic (exact) mass is 418 g/mol. The van der Waals surface area contributed by atoms with E-state index in [0.717, 1.165) is 6.42 Å². The molecule has 0 saturated heterocycles. The molecule has 0 rings (SSSR count). The van der Waals surface area contributed by atoms with Gasteiger partial charge >= 0.3 is 15.2 Å². The maximum absolute atomic E-state index is 13.2. The lowest BCUT2D eigenvalue weighted by Gasteiger charge is -2.31. The van der Waals surface area contributed by atoms with E-state index >= 15 is 0 Å². The van der Waals surface area contributed by atoms with Crippen molar-refractivity contribution in [2.45, 2.75) is 59.3 Å². The van der Waals surface area contributed by atoms with Crippen LogP contribution in [0.1, 0.15) is 53.9 Å². The van der Waals surface area contributed by atoms with E-state index < -0.39 is 20.6 Å². The summed E-state index contributed by atoms with van der Waals surface area (Å²) in [6.07, 6.45) is 1.64. The average Bonchev–Trinajstić information content (AvgIpc) is 2.51. The Labute approximate surface area is 156 Å². The Morgan fingerprint density at radius 1 is 0.840 bits per heavy atom. The van der Waals surface area contributed by atoms with Crippen molar-refractivity contribution in [2.75, 3.05) is 32.2 Å². The van der Waals surface area contributed by atoms with E-state index in [-0.39, 0.29) is 31.5 Å². The van der Waals surface area contributed by atoms with Gasteiger partial charge in [-0.2, -0.15) is 0 Å². The number of hydrogen-bond donors (Lipinski definition) is 0. The highest BCUT2D eigenvalue weighted by Gasteiger charge is 2.50. The summed E-state index contributed by atoms with van der Waals surface area (Å²) in [5, 5.41) is -0.915. The first kappa shape index (κ1) is 25.3. The molecular weight excluding hydrogens is 386 g/mol. The van der Waals surface area contributed by atoms with E-state index in [9.17, 15) is 13.9 Å². The summed E-state index contributed by atoms with van der Waals surface area (Å²) in [5.41, 5.74) is 0. The zero-order chi connectivity index (χ0) is 19.3. The summed E-state index contributed by atoms with van der Waals surface area (Å²) in [7, 11) is -7.33. The topological polar surface area (TPSA) is 88.1 Å². The van der Waals surface area contributed by atoms with Gasteiger partial charge < -0.3 is 18.1 Å². The number of carbonyl (C=O) groups excluding carboxylic acids is 1. The van der Waals surface area contributed by atoms with Crippen LogP contribution in [-0.4, -0.2) is 42.7 Å². The first-order valence-electron chi connectivity index (χ1n) is 8.70. The molecule has 0 saturated carbocycles. The summed E-state index contributed by atoms with van der Waals surface area (Å²) in [5.74, 6) is 0.656. The van der Waals surface area contributed by atoms with E-state index in [1.165, 1.54) is 18.7 Å². The predicted octanol–water partition coefficient (Wildman–Crippen LogP) is 5.29. The van der Waals surface area contributed by atoms with Gasteiger partial charge in [-0.15, -0.1) is 0 Å². The van der Waals surface area contributed by atoms with Crippen molar-refractivity contribution in [1.82, 2.24) is 0 Å². The van der Waals surface area contributed by atoms with Gasteiger partial charge in [0.1, 0.15) is 0 Å². The van der Waals surface area contributed by atoms with Crippen molar-refractivity contribution in [1.29, 1.82) is 0 Å². The van der Waals surface area contributed by atoms with E-state index in [2.05, 4.69) is 0 Å². The molecular formula is C15H32O7P2S. The molecule has 0 atom stereocenters. The van der Waals surface area contributed by atoms with Gasteiger partial charge in [-0.1, -0.05) is 18.2 Å². The van der Waals surface area contributed by atoms with Crippen LogP contribution in [0.25, 0.3) is 0 Å². The zero-order valence-electron chi connectivity index (χ0n) is 15.9. The molecule has 150 valence electrons. The minimum absolute atomic E-state index is 0.0557. The first-order valence-corrected chi connectivity index (χ1v) is 12.9. The Morgan fingerprint density at radius 2 is 1.24 bits per heavy atom. The zero-order valence-corrected chi connectivity index (χ0v) is 18.5. The second-order valence-corrected chi connectivity index (χ2v) is 11.2. The summed E-state index contributed by atoms with van der Waals surface area (Å²) in [6, 6.07) is 0. The average molecular weight is 418 g/mol. The lowest BCUT2D eigenvalue weighted by molar-refractivity contribution is -0.109. The van der Waals surface area contributed by atoms with Gasteiger partial charge in [-0.25, -0.2) is 0 Å². The van der Waals surface area contributed by atoms with Gasteiger partial charge in [0.2, 0.25) is 0 Å². The maximum atomic E-state index is 13.2. The van der Waals surface area contributed by atoms with Crippen LogP contribution in [-0.2, 0) is 32.0 Å². The SMILES string of the molecule is CCOP(=O)(OCC)C(CCCCSC(C)=O)P(=O)(OCC)OCC. The largest absolute Gasteiger partial charge is 0.345 e. The smallest absolute Gasteiger partial charge is 0.308 e. The normalized spacial score (nSPS) is 12.7. The Hall–Kier alpha value is 0.320. The fraction of sp³-hybridized carbons (Fsp3) is 0.933. The van der Waals surface area contributed by atoms with Gasteiger partial charge in [-0.3, -0.25) is 13.9 Å². The molecule has 0 aromatic heterocycles. The molecule has 0 heterocycles. The van der Waals surface area contributed by atoms with E-state index in [0.29, 0.717) is 18.6 Å². The molecule has 7 nitrogen and oxygen atoms in total. The Balaban J connectivity index is 5.35. The summed E-state index contributed by atoms with van der Waals surface area (Å²) >= 11 is 1.24. The van der Waals surface area contributed by atoms with Crippen LogP contribution in [0.15, 0.2) is 0 Å². The summed E-state index contributed by atoms with van der Waals surface area (Å²) in [4.78, 5) is 11.0. The third-order valence-corrected chi connectivity index (χ3v) is 10.2. The highest BCUT2D eigenvalue weighted by molar-refractivity contribution is 8.13. The van der Waals surface area contributed by atoms with Crippen LogP contribution < -0.4 is 0 Å². The number of hydrogen-bond acceptors (Lipinski definition) is 8. The van der Waals surface area contributed by atoms with Crippen molar-refractivity contribution < 1.29 is 32.0 Å². The molecule has 0 aromatic rings. The Kier molecular flexibility index (Phi) is 13.7. The van der Waals surface area contributed by atoms with Crippen molar-refractivity contribution in [3.05, 3.63) is 0 Å². The fourth-order valence-corrected chi connectivity index (χ4v) is 8.37. The van der Waals surface area contributed by atoms with Crippen LogP contribution in [0.4, 0.5) is 0 Å². The maximum Gasteiger partial charge on any atom is 0.345 e. The van der Waals surface area contributed by atoms with Crippen LogP contribution in [0.3, 0.4) is 0 Å². The summed E-state index contributed by atoms with van der Waals surface area (Å²) < 4.78 is 48.1. The molecule has 0 aliphatic carbocycles. The third kappa shape index (κ3) is 9.18. The molecule has 0 fully saturated rings. The second kappa shape index (κ2) is 13.5. The number of thioether (sulfide) groups is 1. The van der Waals surface area contributed by atoms with Crippen molar-refractivity contribution in [2.24, 2.45) is 0 Å². The highest BCUT2D eigenvalue weighted by atomic mass is 32.2. The molecule has 0 bridgehead atoms. The molecule has 0 spiro atoms. The van der Waals surface area contributed by atoms with Gasteiger partial charge in [0.05, 0.1) is 26.4 Å². The minimum atomic E-state index is -3.67. The van der Waals surface area contributed by atoms with E-state index in [4.69, 9.17) is 18.1 Å². The second-order valence-electron chi connectivity index (χ2n) is 5.07. The molecule has 25 heavy (non-hydrogen) atoms. The first-order chi connectivity index (χ1) is 11.8. The van der Waals surface area contributed by atoms with Crippen LogP contribution in [0, 0.1) is 0 Å². The van der Waals surface area contributed by atoms with Crippen molar-refractivity contribution >= 4 is 32.1 Å². The highest BCUT2D eigenvalue weighted by Crippen LogP contribution is 2.71. The molecule has 0 aliphatic rings. The van der Waals surface area contributed by atoms with Crippen LogP contribution in [0.2, 0.25) is 0 Å². The Bertz CT molecular complexity index is 423. The number of unbranched alkanes of at least 4 members (excludes halogenated alkanes) is 1.